The zero-order chi connectivity index (χ0) is 17.7. The largest absolute Gasteiger partial charge is 0.497 e. The summed E-state index contributed by atoms with van der Waals surface area (Å²) in [5, 5.41) is 1.76. The number of rotatable bonds is 7. The van der Waals surface area contributed by atoms with Crippen LogP contribution in [0.5, 0.6) is 5.75 Å². The summed E-state index contributed by atoms with van der Waals surface area (Å²) in [5.41, 5.74) is 1.02. The molecule has 0 saturated carbocycles. The summed E-state index contributed by atoms with van der Waals surface area (Å²) in [6.07, 6.45) is 0. The van der Waals surface area contributed by atoms with Crippen molar-refractivity contribution >= 4 is 21.4 Å². The molecular weight excluding hydrogens is 360 g/mol. The third-order valence-electron chi connectivity index (χ3n) is 4.19. The van der Waals surface area contributed by atoms with Crippen LogP contribution < -0.4 is 9.46 Å². The van der Waals surface area contributed by atoms with Gasteiger partial charge < -0.3 is 9.47 Å². The zero-order valence-corrected chi connectivity index (χ0v) is 15.7. The fourth-order valence-corrected chi connectivity index (χ4v) is 4.95. The van der Waals surface area contributed by atoms with E-state index >= 15 is 0 Å². The maximum absolute atomic E-state index is 12.5. The number of ether oxygens (including phenoxy) is 2. The van der Waals surface area contributed by atoms with E-state index in [2.05, 4.69) is 9.62 Å². The molecule has 1 aliphatic heterocycles. The lowest BCUT2D eigenvalue weighted by Gasteiger charge is -2.35. The Morgan fingerprint density at radius 1 is 1.28 bits per heavy atom. The lowest BCUT2D eigenvalue weighted by molar-refractivity contribution is 0.0171. The monoisotopic (exact) mass is 382 g/mol. The number of nitrogens with zero attached hydrogens (tertiary/aromatic N) is 1. The second-order valence-electron chi connectivity index (χ2n) is 5.72. The van der Waals surface area contributed by atoms with Gasteiger partial charge in [-0.15, -0.1) is 11.3 Å². The predicted molar refractivity (Wildman–Crippen MR) is 97.6 cm³/mol. The Morgan fingerprint density at radius 2 is 2.08 bits per heavy atom. The molecule has 1 atom stereocenters. The van der Waals surface area contributed by atoms with Gasteiger partial charge in [-0.3, -0.25) is 4.90 Å². The highest BCUT2D eigenvalue weighted by Gasteiger charge is 2.25. The molecule has 1 fully saturated rings. The molecule has 1 unspecified atom stereocenters. The minimum atomic E-state index is -3.50. The third-order valence-corrected chi connectivity index (χ3v) is 7.01. The van der Waals surface area contributed by atoms with Crippen molar-refractivity contribution in [3.63, 3.8) is 0 Å². The van der Waals surface area contributed by atoms with Crippen LogP contribution >= 0.6 is 11.3 Å². The van der Waals surface area contributed by atoms with E-state index in [1.54, 1.807) is 24.6 Å². The van der Waals surface area contributed by atoms with Gasteiger partial charge in [0.25, 0.3) is 0 Å². The molecular formula is C17H22N2O4S2. The van der Waals surface area contributed by atoms with Crippen LogP contribution in [0.3, 0.4) is 0 Å². The van der Waals surface area contributed by atoms with Gasteiger partial charge in [-0.25, -0.2) is 13.1 Å². The molecule has 6 nitrogen and oxygen atoms in total. The number of hydrogen-bond acceptors (Lipinski definition) is 6. The van der Waals surface area contributed by atoms with Crippen molar-refractivity contribution < 1.29 is 17.9 Å². The maximum Gasteiger partial charge on any atom is 0.250 e. The van der Waals surface area contributed by atoms with Gasteiger partial charge in [0.05, 0.1) is 20.3 Å². The number of sulfonamides is 1. The highest BCUT2D eigenvalue weighted by atomic mass is 32.2. The van der Waals surface area contributed by atoms with Crippen molar-refractivity contribution in [1.82, 2.24) is 9.62 Å². The molecule has 2 heterocycles. The molecule has 3 rings (SSSR count). The second kappa shape index (κ2) is 8.29. The Bertz CT molecular complexity index is 772. The molecule has 0 radical (unpaired) electrons. The van der Waals surface area contributed by atoms with E-state index in [1.807, 2.05) is 24.3 Å². The van der Waals surface area contributed by atoms with Gasteiger partial charge in [0.15, 0.2) is 0 Å². The standard InChI is InChI=1S/C17H22N2O4S2/c1-22-15-5-2-4-14(12-15)16(19-7-9-23-10-8-19)13-18-25(20,21)17-6-3-11-24-17/h2-6,11-12,16,18H,7-10,13H2,1H3. The lowest BCUT2D eigenvalue weighted by atomic mass is 10.0. The molecule has 25 heavy (non-hydrogen) atoms. The molecule has 136 valence electrons. The van der Waals surface area contributed by atoms with Gasteiger partial charge in [0.1, 0.15) is 9.96 Å². The van der Waals surface area contributed by atoms with Gasteiger partial charge in [-0.1, -0.05) is 18.2 Å². The summed E-state index contributed by atoms with van der Waals surface area (Å²) in [7, 11) is -1.87. The molecule has 0 aliphatic carbocycles. The summed E-state index contributed by atoms with van der Waals surface area (Å²) >= 11 is 1.21. The predicted octanol–water partition coefficient (Wildman–Crippen LogP) is 2.11. The van der Waals surface area contributed by atoms with Gasteiger partial charge in [0.2, 0.25) is 10.0 Å². The summed E-state index contributed by atoms with van der Waals surface area (Å²) in [6, 6.07) is 11.0. The molecule has 1 aromatic carbocycles. The van der Waals surface area contributed by atoms with Gasteiger partial charge in [-0.2, -0.15) is 0 Å². The van der Waals surface area contributed by atoms with Crippen LogP contribution in [0, 0.1) is 0 Å². The van der Waals surface area contributed by atoms with Crippen molar-refractivity contribution in [3.05, 3.63) is 47.3 Å². The van der Waals surface area contributed by atoms with E-state index in [9.17, 15) is 8.42 Å². The van der Waals surface area contributed by atoms with E-state index in [4.69, 9.17) is 9.47 Å². The number of morpholine rings is 1. The molecule has 2 aromatic rings. The molecule has 0 bridgehead atoms. The summed E-state index contributed by atoms with van der Waals surface area (Å²) < 4.78 is 38.8. The van der Waals surface area contributed by atoms with E-state index in [0.29, 0.717) is 24.0 Å². The first-order valence-corrected chi connectivity index (χ1v) is 10.5. The summed E-state index contributed by atoms with van der Waals surface area (Å²) in [5.74, 6) is 0.761. The van der Waals surface area contributed by atoms with Gasteiger partial charge >= 0.3 is 0 Å². The molecule has 1 N–H and O–H groups in total. The molecule has 0 spiro atoms. The topological polar surface area (TPSA) is 67.9 Å². The number of hydrogen-bond donors (Lipinski definition) is 1. The number of benzene rings is 1. The molecule has 1 saturated heterocycles. The Labute approximate surface area is 152 Å². The van der Waals surface area contributed by atoms with Crippen molar-refractivity contribution in [2.75, 3.05) is 40.0 Å². The van der Waals surface area contributed by atoms with Crippen molar-refractivity contribution in [1.29, 1.82) is 0 Å². The highest BCUT2D eigenvalue weighted by molar-refractivity contribution is 7.91. The molecule has 0 amide bonds. The number of nitrogens with one attached hydrogen (secondary N) is 1. The van der Waals surface area contributed by atoms with Crippen molar-refractivity contribution in [2.45, 2.75) is 10.3 Å². The highest BCUT2D eigenvalue weighted by Crippen LogP contribution is 2.25. The molecule has 8 heteroatoms. The quantitative estimate of drug-likeness (QED) is 0.794. The summed E-state index contributed by atoms with van der Waals surface area (Å²) in [6.45, 7) is 3.13. The summed E-state index contributed by atoms with van der Waals surface area (Å²) in [4.78, 5) is 2.25. The van der Waals surface area contributed by atoms with E-state index in [0.717, 1.165) is 24.4 Å². The number of thiophene rings is 1. The first kappa shape index (κ1) is 18.3. The lowest BCUT2D eigenvalue weighted by Crippen LogP contribution is -2.43. The average molecular weight is 383 g/mol. The minimum Gasteiger partial charge on any atom is -0.497 e. The second-order valence-corrected chi connectivity index (χ2v) is 8.67. The van der Waals surface area contributed by atoms with Crippen molar-refractivity contribution in [2.24, 2.45) is 0 Å². The normalized spacial score (nSPS) is 17.3. The van der Waals surface area contributed by atoms with E-state index in [-0.39, 0.29) is 6.04 Å². The van der Waals surface area contributed by atoms with Crippen LogP contribution in [0.25, 0.3) is 0 Å². The van der Waals surface area contributed by atoms with Crippen LogP contribution in [-0.2, 0) is 14.8 Å². The Kier molecular flexibility index (Phi) is 6.08. The van der Waals surface area contributed by atoms with Crippen LogP contribution in [0.1, 0.15) is 11.6 Å². The zero-order valence-electron chi connectivity index (χ0n) is 14.1. The Morgan fingerprint density at radius 3 is 2.76 bits per heavy atom. The van der Waals surface area contributed by atoms with Gasteiger partial charge in [0, 0.05) is 25.7 Å². The SMILES string of the molecule is COc1cccc(C(CNS(=O)(=O)c2cccs2)N2CCOCC2)c1. The van der Waals surface area contributed by atoms with Crippen LogP contribution in [-0.4, -0.2) is 53.3 Å². The fourth-order valence-electron chi connectivity index (χ4n) is 2.87. The van der Waals surface area contributed by atoms with Gasteiger partial charge in [-0.05, 0) is 29.1 Å². The Hall–Kier alpha value is -1.45. The average Bonchev–Trinajstić information content (AvgIpc) is 3.19. The molecule has 1 aromatic heterocycles. The Balaban J connectivity index is 1.81. The van der Waals surface area contributed by atoms with E-state index in [1.165, 1.54) is 11.3 Å². The maximum atomic E-state index is 12.5. The van der Waals surface area contributed by atoms with Crippen LogP contribution in [0.2, 0.25) is 0 Å². The minimum absolute atomic E-state index is 0.0752. The van der Waals surface area contributed by atoms with Crippen LogP contribution in [0.4, 0.5) is 0 Å². The third kappa shape index (κ3) is 4.59. The van der Waals surface area contributed by atoms with E-state index < -0.39 is 10.0 Å². The first-order chi connectivity index (χ1) is 12.1. The molecule has 1 aliphatic rings. The fraction of sp³-hybridized carbons (Fsp3) is 0.412. The first-order valence-electron chi connectivity index (χ1n) is 8.09. The number of methoxy groups -OCH3 is 1. The smallest absolute Gasteiger partial charge is 0.250 e. The van der Waals surface area contributed by atoms with Crippen molar-refractivity contribution in [3.8, 4) is 5.75 Å². The van der Waals surface area contributed by atoms with Crippen LogP contribution in [0.15, 0.2) is 46.0 Å².